The maximum Gasteiger partial charge on any atom is 0.0508 e. The van der Waals surface area contributed by atoms with Crippen molar-refractivity contribution in [3.05, 3.63) is 28.7 Å². The number of hydrogen-bond acceptors (Lipinski definition) is 2. The van der Waals surface area contributed by atoms with Gasteiger partial charge in [-0.2, -0.15) is 0 Å². The summed E-state index contributed by atoms with van der Waals surface area (Å²) in [5, 5.41) is 0. The Morgan fingerprint density at radius 3 is 2.67 bits per heavy atom. The van der Waals surface area contributed by atoms with E-state index in [-0.39, 0.29) is 0 Å². The van der Waals surface area contributed by atoms with Gasteiger partial charge in [0.15, 0.2) is 0 Å². The van der Waals surface area contributed by atoms with Crippen LogP contribution in [-0.2, 0) is 0 Å². The second-order valence-electron chi connectivity index (χ2n) is 4.00. The lowest BCUT2D eigenvalue weighted by Crippen LogP contribution is -2.23. The summed E-state index contributed by atoms with van der Waals surface area (Å²) < 4.78 is 1.15. The molecule has 0 amide bonds. The van der Waals surface area contributed by atoms with Gasteiger partial charge in [-0.3, -0.25) is 0 Å². The van der Waals surface area contributed by atoms with Crippen molar-refractivity contribution in [3.63, 3.8) is 0 Å². The van der Waals surface area contributed by atoms with E-state index in [9.17, 15) is 0 Å². The number of para-hydroxylation sites is 1. The van der Waals surface area contributed by atoms with Gasteiger partial charge >= 0.3 is 0 Å². The molecule has 15 heavy (non-hydrogen) atoms. The van der Waals surface area contributed by atoms with Crippen molar-refractivity contribution in [2.24, 2.45) is 11.7 Å². The average molecular weight is 271 g/mol. The van der Waals surface area contributed by atoms with Gasteiger partial charge in [0, 0.05) is 18.1 Å². The van der Waals surface area contributed by atoms with Gasteiger partial charge < -0.3 is 10.6 Å². The molecule has 1 unspecified atom stereocenters. The van der Waals surface area contributed by atoms with Crippen LogP contribution in [0, 0.1) is 5.92 Å². The lowest BCUT2D eigenvalue weighted by atomic mass is 10.1. The molecule has 84 valence electrons. The Labute approximate surface area is 101 Å². The van der Waals surface area contributed by atoms with Crippen LogP contribution in [0.4, 0.5) is 5.69 Å². The van der Waals surface area contributed by atoms with E-state index in [0.717, 1.165) is 24.0 Å². The Bertz CT molecular complexity index is 301. The van der Waals surface area contributed by atoms with Crippen molar-refractivity contribution in [1.29, 1.82) is 0 Å². The van der Waals surface area contributed by atoms with Gasteiger partial charge in [-0.05, 0) is 46.9 Å². The minimum Gasteiger partial charge on any atom is -0.374 e. The molecule has 2 nitrogen and oxygen atoms in total. The molecule has 1 rings (SSSR count). The molecule has 0 saturated heterocycles. The van der Waals surface area contributed by atoms with Gasteiger partial charge in [-0.1, -0.05) is 19.1 Å². The van der Waals surface area contributed by atoms with Crippen molar-refractivity contribution < 1.29 is 0 Å². The zero-order valence-electron chi connectivity index (χ0n) is 9.41. The molecule has 2 N–H and O–H groups in total. The molecule has 0 saturated carbocycles. The highest BCUT2D eigenvalue weighted by molar-refractivity contribution is 9.10. The fraction of sp³-hybridized carbons (Fsp3) is 0.500. The minimum atomic E-state index is 0.593. The molecule has 3 heteroatoms. The molecule has 0 spiro atoms. The van der Waals surface area contributed by atoms with E-state index in [1.807, 2.05) is 6.07 Å². The number of halogens is 1. The SMILES string of the molecule is CC(CN)CCN(C)c1ccccc1Br. The number of anilines is 1. The third-order valence-electron chi connectivity index (χ3n) is 2.62. The number of nitrogens with zero attached hydrogens (tertiary/aromatic N) is 1. The van der Waals surface area contributed by atoms with E-state index in [4.69, 9.17) is 5.73 Å². The predicted octanol–water partition coefficient (Wildman–Crippen LogP) is 2.87. The molecule has 0 aliphatic carbocycles. The molecule has 1 aromatic rings. The molecule has 0 fully saturated rings. The maximum atomic E-state index is 5.60. The highest BCUT2D eigenvalue weighted by Gasteiger charge is 2.06. The number of nitrogens with two attached hydrogens (primary N) is 1. The quantitative estimate of drug-likeness (QED) is 0.892. The van der Waals surface area contributed by atoms with Crippen LogP contribution in [0.25, 0.3) is 0 Å². The smallest absolute Gasteiger partial charge is 0.0508 e. The van der Waals surface area contributed by atoms with Crippen LogP contribution < -0.4 is 10.6 Å². The van der Waals surface area contributed by atoms with Crippen molar-refractivity contribution in [3.8, 4) is 0 Å². The highest BCUT2D eigenvalue weighted by Crippen LogP contribution is 2.24. The van der Waals surface area contributed by atoms with E-state index < -0.39 is 0 Å². The molecule has 1 atom stereocenters. The summed E-state index contributed by atoms with van der Waals surface area (Å²) in [4.78, 5) is 2.26. The zero-order chi connectivity index (χ0) is 11.3. The molecule has 1 aromatic carbocycles. The summed E-state index contributed by atoms with van der Waals surface area (Å²) in [6.45, 7) is 4.00. The summed E-state index contributed by atoms with van der Waals surface area (Å²) >= 11 is 3.55. The van der Waals surface area contributed by atoms with Gasteiger partial charge in [-0.15, -0.1) is 0 Å². The van der Waals surface area contributed by atoms with Crippen molar-refractivity contribution in [2.75, 3.05) is 25.0 Å². The molecule has 0 aliphatic rings. The first-order valence-corrected chi connectivity index (χ1v) is 6.10. The molecular formula is C12H19BrN2. The van der Waals surface area contributed by atoms with Crippen LogP contribution in [-0.4, -0.2) is 20.1 Å². The first kappa shape index (κ1) is 12.5. The van der Waals surface area contributed by atoms with Gasteiger partial charge in [0.2, 0.25) is 0 Å². The van der Waals surface area contributed by atoms with E-state index >= 15 is 0 Å². The van der Waals surface area contributed by atoms with Crippen LogP contribution in [0.3, 0.4) is 0 Å². The summed E-state index contributed by atoms with van der Waals surface area (Å²) in [7, 11) is 2.11. The lowest BCUT2D eigenvalue weighted by molar-refractivity contribution is 0.545. The molecular weight excluding hydrogens is 252 g/mol. The van der Waals surface area contributed by atoms with Gasteiger partial charge in [0.25, 0.3) is 0 Å². The standard InChI is InChI=1S/C12H19BrN2/c1-10(9-14)7-8-15(2)12-6-4-3-5-11(12)13/h3-6,10H,7-9,14H2,1-2H3. The summed E-state index contributed by atoms with van der Waals surface area (Å²) in [6.07, 6.45) is 1.13. The Kier molecular flexibility index (Phi) is 5.12. The zero-order valence-corrected chi connectivity index (χ0v) is 11.0. The Balaban J connectivity index is 2.54. The third kappa shape index (κ3) is 3.84. The Morgan fingerprint density at radius 1 is 1.40 bits per heavy atom. The summed E-state index contributed by atoms with van der Waals surface area (Å²) in [5.41, 5.74) is 6.84. The molecule has 0 radical (unpaired) electrons. The lowest BCUT2D eigenvalue weighted by Gasteiger charge is -2.22. The van der Waals surface area contributed by atoms with E-state index in [0.29, 0.717) is 5.92 Å². The Morgan fingerprint density at radius 2 is 2.07 bits per heavy atom. The van der Waals surface area contributed by atoms with Gasteiger partial charge in [-0.25, -0.2) is 0 Å². The Hall–Kier alpha value is -0.540. The van der Waals surface area contributed by atoms with Gasteiger partial charge in [0.05, 0.1) is 5.69 Å². The monoisotopic (exact) mass is 270 g/mol. The van der Waals surface area contributed by atoms with Crippen LogP contribution in [0.15, 0.2) is 28.7 Å². The number of hydrogen-bond donors (Lipinski definition) is 1. The van der Waals surface area contributed by atoms with E-state index in [1.165, 1.54) is 5.69 Å². The summed E-state index contributed by atoms with van der Waals surface area (Å²) in [6, 6.07) is 8.28. The maximum absolute atomic E-state index is 5.60. The van der Waals surface area contributed by atoms with Crippen LogP contribution in [0.5, 0.6) is 0 Å². The van der Waals surface area contributed by atoms with Crippen LogP contribution >= 0.6 is 15.9 Å². The van der Waals surface area contributed by atoms with Crippen molar-refractivity contribution in [1.82, 2.24) is 0 Å². The second kappa shape index (κ2) is 6.13. The number of benzene rings is 1. The van der Waals surface area contributed by atoms with Crippen LogP contribution in [0.2, 0.25) is 0 Å². The van der Waals surface area contributed by atoms with Crippen molar-refractivity contribution >= 4 is 21.6 Å². The predicted molar refractivity (Wildman–Crippen MR) is 70.2 cm³/mol. The minimum absolute atomic E-state index is 0.593. The topological polar surface area (TPSA) is 29.3 Å². The normalized spacial score (nSPS) is 12.5. The average Bonchev–Trinajstić information content (AvgIpc) is 2.26. The molecule has 0 heterocycles. The van der Waals surface area contributed by atoms with E-state index in [2.05, 4.69) is 53.0 Å². The molecule has 0 bridgehead atoms. The third-order valence-corrected chi connectivity index (χ3v) is 3.29. The number of rotatable bonds is 5. The summed E-state index contributed by atoms with van der Waals surface area (Å²) in [5.74, 6) is 0.593. The largest absolute Gasteiger partial charge is 0.374 e. The fourth-order valence-corrected chi connectivity index (χ4v) is 2.00. The molecule has 0 aliphatic heterocycles. The molecule has 0 aromatic heterocycles. The second-order valence-corrected chi connectivity index (χ2v) is 4.86. The van der Waals surface area contributed by atoms with Crippen LogP contribution in [0.1, 0.15) is 13.3 Å². The fourth-order valence-electron chi connectivity index (χ4n) is 1.41. The first-order valence-electron chi connectivity index (χ1n) is 5.31. The first-order chi connectivity index (χ1) is 7.15. The van der Waals surface area contributed by atoms with Crippen molar-refractivity contribution in [2.45, 2.75) is 13.3 Å². The highest BCUT2D eigenvalue weighted by atomic mass is 79.9. The van der Waals surface area contributed by atoms with E-state index in [1.54, 1.807) is 0 Å². The van der Waals surface area contributed by atoms with Gasteiger partial charge in [0.1, 0.15) is 0 Å².